The van der Waals surface area contributed by atoms with E-state index in [4.69, 9.17) is 0 Å². The summed E-state index contributed by atoms with van der Waals surface area (Å²) in [6.07, 6.45) is 2.12. The van der Waals surface area contributed by atoms with E-state index in [1.807, 2.05) is 17.5 Å². The Hall–Kier alpha value is -2.74. The van der Waals surface area contributed by atoms with Gasteiger partial charge in [-0.2, -0.15) is 0 Å². The Bertz CT molecular complexity index is 1020. The van der Waals surface area contributed by atoms with Gasteiger partial charge >= 0.3 is 6.03 Å². The lowest BCUT2D eigenvalue weighted by atomic mass is 9.64. The quantitative estimate of drug-likeness (QED) is 0.660. The third-order valence-electron chi connectivity index (χ3n) is 6.26. The standard InChI is InChI=1S/C24H28FN3O3S/c1-15-11-23(2,3)14-24(12-15)21(30)28(22(31)27-24)13-19(29)26-20(18-5-4-10-32-18)16-6-8-17(25)9-7-16/h4-10,15,20H,11-14H2,1-3H3,(H,26,29)(H,27,31). The van der Waals surface area contributed by atoms with Crippen LogP contribution in [0.1, 0.15) is 56.5 Å². The van der Waals surface area contributed by atoms with Crippen LogP contribution in [0, 0.1) is 17.2 Å². The van der Waals surface area contributed by atoms with Gasteiger partial charge < -0.3 is 10.6 Å². The first-order valence-corrected chi connectivity index (χ1v) is 11.7. The highest BCUT2D eigenvalue weighted by Crippen LogP contribution is 2.46. The number of imide groups is 1. The molecule has 0 radical (unpaired) electrons. The van der Waals surface area contributed by atoms with E-state index in [2.05, 4.69) is 31.4 Å². The Morgan fingerprint density at radius 2 is 1.97 bits per heavy atom. The zero-order chi connectivity index (χ0) is 23.1. The summed E-state index contributed by atoms with van der Waals surface area (Å²) in [4.78, 5) is 40.9. The molecule has 4 rings (SSSR count). The van der Waals surface area contributed by atoms with E-state index in [1.54, 1.807) is 12.1 Å². The lowest BCUT2D eigenvalue weighted by Gasteiger charge is -2.43. The summed E-state index contributed by atoms with van der Waals surface area (Å²) in [6, 6.07) is 8.66. The van der Waals surface area contributed by atoms with E-state index in [0.29, 0.717) is 18.8 Å². The number of amides is 4. The van der Waals surface area contributed by atoms with Crippen LogP contribution < -0.4 is 10.6 Å². The summed E-state index contributed by atoms with van der Waals surface area (Å²) >= 11 is 1.47. The Balaban J connectivity index is 1.51. The number of carbonyl (C=O) groups excluding carboxylic acids is 3. The molecule has 1 aromatic heterocycles. The summed E-state index contributed by atoms with van der Waals surface area (Å²) in [5, 5.41) is 7.71. The largest absolute Gasteiger partial charge is 0.343 e. The molecule has 170 valence electrons. The van der Waals surface area contributed by atoms with Crippen molar-refractivity contribution in [3.05, 3.63) is 58.0 Å². The number of carbonyl (C=O) groups is 3. The van der Waals surface area contributed by atoms with Gasteiger partial charge in [-0.05, 0) is 59.7 Å². The molecule has 3 unspecified atom stereocenters. The minimum atomic E-state index is -0.942. The highest BCUT2D eigenvalue weighted by molar-refractivity contribution is 7.10. The molecule has 2 fully saturated rings. The van der Waals surface area contributed by atoms with Crippen molar-refractivity contribution in [2.75, 3.05) is 6.54 Å². The molecule has 2 aliphatic rings. The highest BCUT2D eigenvalue weighted by Gasteiger charge is 2.56. The van der Waals surface area contributed by atoms with Crippen molar-refractivity contribution >= 4 is 29.2 Å². The number of nitrogens with one attached hydrogen (secondary N) is 2. The first-order valence-electron chi connectivity index (χ1n) is 10.8. The van der Waals surface area contributed by atoms with Crippen LogP contribution in [0.4, 0.5) is 9.18 Å². The van der Waals surface area contributed by atoms with Crippen LogP contribution in [0.5, 0.6) is 0 Å². The van der Waals surface area contributed by atoms with Crippen molar-refractivity contribution in [3.8, 4) is 0 Å². The number of rotatable bonds is 5. The van der Waals surface area contributed by atoms with Crippen molar-refractivity contribution in [1.82, 2.24) is 15.5 Å². The minimum Gasteiger partial charge on any atom is -0.343 e. The average Bonchev–Trinajstić information content (AvgIpc) is 3.29. The molecule has 2 heterocycles. The Kier molecular flexibility index (Phi) is 5.83. The van der Waals surface area contributed by atoms with Crippen LogP contribution in [0.3, 0.4) is 0 Å². The zero-order valence-electron chi connectivity index (χ0n) is 18.5. The molecular formula is C24H28FN3O3S. The van der Waals surface area contributed by atoms with Crippen LogP contribution in [0.15, 0.2) is 41.8 Å². The molecule has 1 aliphatic carbocycles. The fourth-order valence-corrected chi connectivity index (χ4v) is 6.23. The Morgan fingerprint density at radius 3 is 2.59 bits per heavy atom. The predicted molar refractivity (Wildman–Crippen MR) is 120 cm³/mol. The molecule has 1 aliphatic heterocycles. The monoisotopic (exact) mass is 457 g/mol. The van der Waals surface area contributed by atoms with E-state index >= 15 is 0 Å². The second kappa shape index (κ2) is 8.31. The number of urea groups is 1. The highest BCUT2D eigenvalue weighted by atomic mass is 32.1. The smallest absolute Gasteiger partial charge is 0.325 e. The molecule has 1 spiro atoms. The molecule has 6 nitrogen and oxygen atoms in total. The second-order valence-electron chi connectivity index (χ2n) is 9.83. The number of hydrogen-bond donors (Lipinski definition) is 2. The fourth-order valence-electron chi connectivity index (χ4n) is 5.43. The molecule has 8 heteroatoms. The fraction of sp³-hybridized carbons (Fsp3) is 0.458. The van der Waals surface area contributed by atoms with Gasteiger partial charge in [0.15, 0.2) is 0 Å². The molecule has 2 aromatic rings. The van der Waals surface area contributed by atoms with Crippen molar-refractivity contribution in [2.24, 2.45) is 11.3 Å². The maximum Gasteiger partial charge on any atom is 0.325 e. The van der Waals surface area contributed by atoms with Crippen LogP contribution in [0.25, 0.3) is 0 Å². The molecular weight excluding hydrogens is 429 g/mol. The molecule has 1 saturated heterocycles. The first-order chi connectivity index (χ1) is 15.1. The third kappa shape index (κ3) is 4.41. The van der Waals surface area contributed by atoms with Gasteiger partial charge in [0.25, 0.3) is 5.91 Å². The van der Waals surface area contributed by atoms with Crippen molar-refractivity contribution in [2.45, 2.75) is 51.6 Å². The summed E-state index contributed by atoms with van der Waals surface area (Å²) < 4.78 is 13.4. The van der Waals surface area contributed by atoms with E-state index in [1.165, 1.54) is 23.5 Å². The number of halogens is 1. The normalized spacial score (nSPS) is 25.6. The number of nitrogens with zero attached hydrogens (tertiary/aromatic N) is 1. The topological polar surface area (TPSA) is 78.5 Å². The van der Waals surface area contributed by atoms with Crippen molar-refractivity contribution in [1.29, 1.82) is 0 Å². The van der Waals surface area contributed by atoms with Gasteiger partial charge in [-0.1, -0.05) is 39.0 Å². The van der Waals surface area contributed by atoms with Gasteiger partial charge in [0.05, 0.1) is 6.04 Å². The molecule has 1 aromatic carbocycles. The molecule has 32 heavy (non-hydrogen) atoms. The van der Waals surface area contributed by atoms with Gasteiger partial charge in [-0.3, -0.25) is 14.5 Å². The maximum atomic E-state index is 13.4. The van der Waals surface area contributed by atoms with Crippen LogP contribution in [-0.2, 0) is 9.59 Å². The summed E-state index contributed by atoms with van der Waals surface area (Å²) in [7, 11) is 0. The second-order valence-corrected chi connectivity index (χ2v) is 10.8. The zero-order valence-corrected chi connectivity index (χ0v) is 19.3. The number of benzene rings is 1. The summed E-state index contributed by atoms with van der Waals surface area (Å²) in [5.41, 5.74) is -0.298. The summed E-state index contributed by atoms with van der Waals surface area (Å²) in [5.74, 6) is -0.846. The van der Waals surface area contributed by atoms with E-state index in [-0.39, 0.29) is 23.7 Å². The molecule has 4 amide bonds. The molecule has 2 N–H and O–H groups in total. The van der Waals surface area contributed by atoms with Gasteiger partial charge in [-0.15, -0.1) is 11.3 Å². The summed E-state index contributed by atoms with van der Waals surface area (Å²) in [6.45, 7) is 5.94. The van der Waals surface area contributed by atoms with Gasteiger partial charge in [0.1, 0.15) is 17.9 Å². The average molecular weight is 458 g/mol. The molecule has 3 atom stereocenters. The van der Waals surface area contributed by atoms with Crippen molar-refractivity contribution < 1.29 is 18.8 Å². The first kappa shape index (κ1) is 22.5. The number of hydrogen-bond acceptors (Lipinski definition) is 4. The maximum absolute atomic E-state index is 13.4. The van der Waals surface area contributed by atoms with Crippen molar-refractivity contribution in [3.63, 3.8) is 0 Å². The van der Waals surface area contributed by atoms with Gasteiger partial charge in [0, 0.05) is 4.88 Å². The van der Waals surface area contributed by atoms with Gasteiger partial charge in [0.2, 0.25) is 5.91 Å². The minimum absolute atomic E-state index is 0.0777. The van der Waals surface area contributed by atoms with Crippen LogP contribution >= 0.6 is 11.3 Å². The van der Waals surface area contributed by atoms with Gasteiger partial charge in [-0.25, -0.2) is 9.18 Å². The third-order valence-corrected chi connectivity index (χ3v) is 7.20. The van der Waals surface area contributed by atoms with Crippen LogP contribution in [0.2, 0.25) is 0 Å². The molecule has 0 bridgehead atoms. The molecule has 1 saturated carbocycles. The lowest BCUT2D eigenvalue weighted by Crippen LogP contribution is -2.54. The van der Waals surface area contributed by atoms with E-state index in [0.717, 1.165) is 21.8 Å². The Labute approximate surface area is 191 Å². The van der Waals surface area contributed by atoms with E-state index < -0.39 is 23.5 Å². The van der Waals surface area contributed by atoms with E-state index in [9.17, 15) is 18.8 Å². The van der Waals surface area contributed by atoms with Crippen LogP contribution in [-0.4, -0.2) is 34.8 Å². The lowest BCUT2D eigenvalue weighted by molar-refractivity contribution is -0.137. The number of thiophene rings is 1. The SMILES string of the molecule is CC1CC(C)(C)CC2(C1)NC(=O)N(CC(=O)NC(c1ccc(F)cc1)c1cccs1)C2=O. The predicted octanol–water partition coefficient (Wildman–Crippen LogP) is 4.23. The Morgan fingerprint density at radius 1 is 1.25 bits per heavy atom.